The maximum atomic E-state index is 14.2. The molecule has 57 heavy (non-hydrogen) atoms. The first-order valence-electron chi connectivity index (χ1n) is 17.8. The van der Waals surface area contributed by atoms with Gasteiger partial charge in [-0.25, -0.2) is 9.78 Å². The minimum Gasteiger partial charge on any atom is -0.508 e. The Morgan fingerprint density at radius 1 is 0.930 bits per heavy atom. The van der Waals surface area contributed by atoms with Gasteiger partial charge in [0.25, 0.3) is 17.7 Å². The molecule has 3 amide bonds. The van der Waals surface area contributed by atoms with Crippen LogP contribution < -0.4 is 16.0 Å². The molecule has 2 atom stereocenters. The number of amides is 3. The van der Waals surface area contributed by atoms with Gasteiger partial charge < -0.3 is 31.0 Å². The number of anilines is 2. The average Bonchev–Trinajstić information content (AvgIpc) is 3.83. The number of fused-ring (bicyclic) bond motifs is 1. The number of oxime groups is 1. The molecule has 2 saturated heterocycles. The van der Waals surface area contributed by atoms with Crippen LogP contribution >= 0.6 is 23.1 Å². The molecule has 0 aliphatic carbocycles. The van der Waals surface area contributed by atoms with Crippen molar-refractivity contribution in [2.75, 3.05) is 22.9 Å². The molecule has 0 bridgehead atoms. The van der Waals surface area contributed by atoms with Gasteiger partial charge in [0, 0.05) is 51.7 Å². The topological polar surface area (TPSA) is 188 Å². The van der Waals surface area contributed by atoms with E-state index in [1.54, 1.807) is 17.5 Å². The van der Waals surface area contributed by atoms with E-state index < -0.39 is 34.8 Å². The normalized spacial score (nSPS) is 19.0. The first-order chi connectivity index (χ1) is 27.7. The van der Waals surface area contributed by atoms with Crippen LogP contribution in [-0.2, 0) is 29.6 Å². The Morgan fingerprint density at radius 3 is 2.12 bits per heavy atom. The summed E-state index contributed by atoms with van der Waals surface area (Å²) in [5.74, 6) is -2.91. The molecule has 4 aromatic carbocycles. The van der Waals surface area contributed by atoms with Gasteiger partial charge in [0.15, 0.2) is 10.8 Å². The van der Waals surface area contributed by atoms with Gasteiger partial charge in [0.05, 0.1) is 0 Å². The monoisotopic (exact) mass is 798 g/mol. The summed E-state index contributed by atoms with van der Waals surface area (Å²) in [5.41, 5.74) is 7.71. The fourth-order valence-corrected chi connectivity index (χ4v) is 9.07. The zero-order valence-electron chi connectivity index (χ0n) is 30.0. The van der Waals surface area contributed by atoms with Crippen molar-refractivity contribution >= 4 is 63.3 Å². The number of thiazole rings is 1. The number of nitrogens with one attached hydrogen (secondary N) is 1. The first kappa shape index (κ1) is 37.2. The molecule has 13 nitrogen and oxygen atoms in total. The molecule has 4 heterocycles. The van der Waals surface area contributed by atoms with E-state index in [2.05, 4.69) is 15.5 Å². The second kappa shape index (κ2) is 15.4. The number of hydrogen-bond donors (Lipinski definition) is 4. The number of aromatic nitrogens is 1. The van der Waals surface area contributed by atoms with E-state index in [1.807, 2.05) is 91.0 Å². The van der Waals surface area contributed by atoms with Crippen LogP contribution in [0.1, 0.15) is 28.8 Å². The highest BCUT2D eigenvalue weighted by Crippen LogP contribution is 2.43. The Bertz CT molecular complexity index is 2380. The standard InChI is InChI=1S/C42H34N6O7S2/c43-41-44-32(24-57-41)33(46-55-42(27-11-4-1-5-12-27,28-13-6-2-7-14-28)29-15-8-3-9-16-29)36(50)45-34-38(52)48-35(40(53)54)26(23-56-39(34)48)21-25-19-20-47(37(25)51)30-17-10-18-31(49)22-30/h1-18,21-22,24,34,39,49H,19-20,23H2,(H2,43,44)(H,45,50)(H,53,54)/t34-,39-/m1/s1. The summed E-state index contributed by atoms with van der Waals surface area (Å²) in [6.45, 7) is 0.345. The first-order valence-corrected chi connectivity index (χ1v) is 19.8. The van der Waals surface area contributed by atoms with E-state index in [0.29, 0.717) is 29.8 Å². The number of nitrogen functional groups attached to an aromatic ring is 1. The third kappa shape index (κ3) is 6.91. The molecule has 15 heteroatoms. The highest BCUT2D eigenvalue weighted by molar-refractivity contribution is 8.00. The number of carbonyl (C=O) groups excluding carboxylic acids is 3. The Kier molecular flexibility index (Phi) is 10.1. The van der Waals surface area contributed by atoms with Gasteiger partial charge in [-0.3, -0.25) is 19.3 Å². The molecule has 3 aliphatic heterocycles. The summed E-state index contributed by atoms with van der Waals surface area (Å²) in [6, 6.07) is 33.6. The molecule has 1 aromatic heterocycles. The van der Waals surface area contributed by atoms with E-state index in [1.165, 1.54) is 34.9 Å². The fraction of sp³-hybridized carbons (Fsp3) is 0.143. The van der Waals surface area contributed by atoms with Gasteiger partial charge in [-0.1, -0.05) is 102 Å². The highest BCUT2D eigenvalue weighted by atomic mass is 32.2. The van der Waals surface area contributed by atoms with Gasteiger partial charge in [0.1, 0.15) is 28.6 Å². The number of phenols is 1. The lowest BCUT2D eigenvalue weighted by atomic mass is 9.80. The van der Waals surface area contributed by atoms with Crippen LogP contribution in [-0.4, -0.2) is 73.2 Å². The molecule has 5 N–H and O–H groups in total. The molecular formula is C42H34N6O7S2. The molecule has 2 fully saturated rings. The van der Waals surface area contributed by atoms with Gasteiger partial charge in [-0.2, -0.15) is 0 Å². The lowest BCUT2D eigenvalue weighted by molar-refractivity contribution is -0.150. The zero-order valence-corrected chi connectivity index (χ0v) is 31.7. The minimum absolute atomic E-state index is 0.0163. The number of phenolic OH excluding ortho intramolecular Hbond substituents is 1. The van der Waals surface area contributed by atoms with Crippen LogP contribution in [0.4, 0.5) is 10.8 Å². The van der Waals surface area contributed by atoms with Gasteiger partial charge in [-0.05, 0) is 30.2 Å². The third-order valence-corrected chi connectivity index (χ3v) is 11.9. The number of carboxylic acids is 1. The number of carboxylic acid groups (broad SMARTS) is 1. The smallest absolute Gasteiger partial charge is 0.352 e. The summed E-state index contributed by atoms with van der Waals surface area (Å²) in [4.78, 5) is 67.6. The van der Waals surface area contributed by atoms with E-state index in [-0.39, 0.29) is 39.6 Å². The summed E-state index contributed by atoms with van der Waals surface area (Å²) in [6.07, 6.45) is 1.88. The predicted octanol–water partition coefficient (Wildman–Crippen LogP) is 5.25. The Labute approximate surface area is 334 Å². The van der Waals surface area contributed by atoms with Gasteiger partial charge in [-0.15, -0.1) is 23.1 Å². The molecule has 5 aromatic rings. The Hall–Kier alpha value is -6.71. The molecule has 0 spiro atoms. The van der Waals surface area contributed by atoms with Crippen molar-refractivity contribution in [1.29, 1.82) is 0 Å². The Morgan fingerprint density at radius 2 is 1.56 bits per heavy atom. The molecule has 0 radical (unpaired) electrons. The van der Waals surface area contributed by atoms with Crippen LogP contribution in [0.5, 0.6) is 5.75 Å². The maximum absolute atomic E-state index is 14.2. The van der Waals surface area contributed by atoms with Crippen molar-refractivity contribution in [1.82, 2.24) is 15.2 Å². The van der Waals surface area contributed by atoms with Crippen molar-refractivity contribution in [2.45, 2.75) is 23.4 Å². The quantitative estimate of drug-likeness (QED) is 0.0452. The number of hydrogen-bond acceptors (Lipinski definition) is 11. The number of carbonyl (C=O) groups is 4. The second-order valence-corrected chi connectivity index (χ2v) is 15.3. The van der Waals surface area contributed by atoms with Crippen LogP contribution in [0.15, 0.2) is 149 Å². The second-order valence-electron chi connectivity index (χ2n) is 13.3. The van der Waals surface area contributed by atoms with Crippen molar-refractivity contribution in [2.24, 2.45) is 5.16 Å². The van der Waals surface area contributed by atoms with Crippen LogP contribution in [0.25, 0.3) is 0 Å². The predicted molar refractivity (Wildman–Crippen MR) is 216 cm³/mol. The summed E-state index contributed by atoms with van der Waals surface area (Å²) >= 11 is 2.36. The van der Waals surface area contributed by atoms with Gasteiger partial charge in [0.2, 0.25) is 5.60 Å². The van der Waals surface area contributed by atoms with Crippen LogP contribution in [0.2, 0.25) is 0 Å². The zero-order chi connectivity index (χ0) is 39.7. The number of rotatable bonds is 11. The average molecular weight is 799 g/mol. The van der Waals surface area contributed by atoms with Crippen LogP contribution in [0.3, 0.4) is 0 Å². The SMILES string of the molecule is Nc1nc(C(=NOC(c2ccccc2)(c2ccccc2)c2ccccc2)C(=O)N[C@@H]2C(=O)N3C(C(=O)O)=C(C=C4CCN(c5cccc(O)c5)C4=O)CS[C@H]23)cs1. The number of β-lactam (4-membered cyclic amide) rings is 1. The molecule has 0 unspecified atom stereocenters. The van der Waals surface area contributed by atoms with E-state index >= 15 is 0 Å². The van der Waals surface area contributed by atoms with Crippen molar-refractivity contribution in [3.8, 4) is 5.75 Å². The van der Waals surface area contributed by atoms with E-state index in [0.717, 1.165) is 32.9 Å². The molecule has 3 aliphatic rings. The fourth-order valence-electron chi connectivity index (χ4n) is 7.22. The lowest BCUT2D eigenvalue weighted by Crippen LogP contribution is -2.71. The van der Waals surface area contributed by atoms with E-state index in [9.17, 15) is 29.4 Å². The molecule has 0 saturated carbocycles. The van der Waals surface area contributed by atoms with Gasteiger partial charge >= 0.3 is 5.97 Å². The lowest BCUT2D eigenvalue weighted by Gasteiger charge is -2.49. The maximum Gasteiger partial charge on any atom is 0.352 e. The van der Waals surface area contributed by atoms with Crippen LogP contribution in [0, 0.1) is 0 Å². The summed E-state index contributed by atoms with van der Waals surface area (Å²) in [5, 5.41) is 28.5. The summed E-state index contributed by atoms with van der Waals surface area (Å²) in [7, 11) is 0. The van der Waals surface area contributed by atoms with Crippen molar-refractivity contribution < 1.29 is 34.2 Å². The number of allylic oxidation sites excluding steroid dienone is 1. The number of thioether (sulfide) groups is 1. The van der Waals surface area contributed by atoms with E-state index in [4.69, 9.17) is 10.6 Å². The number of benzene rings is 4. The minimum atomic E-state index is -1.34. The summed E-state index contributed by atoms with van der Waals surface area (Å²) < 4.78 is 0. The number of nitrogens with two attached hydrogens (primary N) is 1. The molecule has 286 valence electrons. The molecule has 8 rings (SSSR count). The highest BCUT2D eigenvalue weighted by Gasteiger charge is 2.54. The number of aliphatic carboxylic acids is 1. The number of nitrogens with zero attached hydrogens (tertiary/aromatic N) is 4. The van der Waals surface area contributed by atoms with Crippen molar-refractivity contribution in [3.63, 3.8) is 0 Å². The Balaban J connectivity index is 1.09. The number of aromatic hydroxyl groups is 1. The largest absolute Gasteiger partial charge is 0.508 e. The van der Waals surface area contributed by atoms with Crippen molar-refractivity contribution in [3.05, 3.63) is 166 Å². The third-order valence-electron chi connectivity index (χ3n) is 9.90. The molecular weight excluding hydrogens is 765 g/mol.